The van der Waals surface area contributed by atoms with E-state index in [2.05, 4.69) is 9.97 Å². The summed E-state index contributed by atoms with van der Waals surface area (Å²) in [4.78, 5) is 17.5. The van der Waals surface area contributed by atoms with Crippen LogP contribution in [0.5, 0.6) is 0 Å². The van der Waals surface area contributed by atoms with Gasteiger partial charge < -0.3 is 10.1 Å². The molecule has 0 aliphatic carbocycles. The molecule has 1 heterocycles. The lowest BCUT2D eigenvalue weighted by molar-refractivity contribution is -0.384. The van der Waals surface area contributed by atoms with Gasteiger partial charge in [0.2, 0.25) is 0 Å². The van der Waals surface area contributed by atoms with Crippen molar-refractivity contribution in [3.63, 3.8) is 0 Å². The quantitative estimate of drug-likeness (QED) is 0.436. The van der Waals surface area contributed by atoms with Gasteiger partial charge in [-0.2, -0.15) is 0 Å². The van der Waals surface area contributed by atoms with E-state index in [9.17, 15) is 15.2 Å². The molecule has 0 aliphatic heterocycles. The van der Waals surface area contributed by atoms with Crippen LogP contribution < -0.4 is 0 Å². The highest BCUT2D eigenvalue weighted by molar-refractivity contribution is 5.81. The number of non-ortho nitro benzene ring substituents is 1. The summed E-state index contributed by atoms with van der Waals surface area (Å²) in [5.41, 5.74) is 2.06. The molecular weight excluding hydrogens is 270 g/mol. The maximum absolute atomic E-state index is 10.7. The van der Waals surface area contributed by atoms with Gasteiger partial charge in [0.05, 0.1) is 16.0 Å². The van der Waals surface area contributed by atoms with Gasteiger partial charge >= 0.3 is 0 Å². The molecular formula is C15H11N3O3. The highest BCUT2D eigenvalue weighted by Crippen LogP contribution is 2.19. The van der Waals surface area contributed by atoms with Crippen LogP contribution in [0.25, 0.3) is 22.9 Å². The van der Waals surface area contributed by atoms with Gasteiger partial charge in [-0.25, -0.2) is 4.98 Å². The van der Waals surface area contributed by atoms with Crippen molar-refractivity contribution < 1.29 is 10.0 Å². The standard InChI is InChI=1S/C15H11N3O3/c19-14(9-10-4-3-5-11(8-10)18(20)21)15-16-12-6-1-2-7-13(12)17-15/h1-9,19H,(H,16,17). The van der Waals surface area contributed by atoms with Gasteiger partial charge in [0.25, 0.3) is 5.69 Å². The summed E-state index contributed by atoms with van der Waals surface area (Å²) in [7, 11) is 0. The van der Waals surface area contributed by atoms with Crippen molar-refractivity contribution in [3.8, 4) is 0 Å². The highest BCUT2D eigenvalue weighted by atomic mass is 16.6. The molecule has 0 bridgehead atoms. The molecule has 3 rings (SSSR count). The van der Waals surface area contributed by atoms with Gasteiger partial charge in [-0.3, -0.25) is 10.1 Å². The Morgan fingerprint density at radius 3 is 2.81 bits per heavy atom. The van der Waals surface area contributed by atoms with Crippen LogP contribution in [-0.2, 0) is 0 Å². The molecule has 2 N–H and O–H groups in total. The molecule has 0 radical (unpaired) electrons. The predicted molar refractivity (Wildman–Crippen MR) is 79.7 cm³/mol. The maximum Gasteiger partial charge on any atom is 0.270 e. The molecule has 6 nitrogen and oxygen atoms in total. The molecule has 21 heavy (non-hydrogen) atoms. The van der Waals surface area contributed by atoms with E-state index >= 15 is 0 Å². The van der Waals surface area contributed by atoms with Crippen molar-refractivity contribution in [1.82, 2.24) is 9.97 Å². The maximum atomic E-state index is 10.7. The zero-order chi connectivity index (χ0) is 14.8. The molecule has 0 aliphatic rings. The second-order valence-electron chi connectivity index (χ2n) is 4.48. The molecule has 0 fully saturated rings. The Kier molecular flexibility index (Phi) is 3.12. The summed E-state index contributed by atoms with van der Waals surface area (Å²) in [6.45, 7) is 0. The van der Waals surface area contributed by atoms with Gasteiger partial charge in [-0.05, 0) is 23.8 Å². The van der Waals surface area contributed by atoms with Crippen LogP contribution >= 0.6 is 0 Å². The Labute approximate surface area is 119 Å². The van der Waals surface area contributed by atoms with E-state index in [0.717, 1.165) is 11.0 Å². The molecule has 1 aromatic heterocycles. The molecule has 0 saturated heterocycles. The number of imidazole rings is 1. The molecule has 3 aromatic rings. The van der Waals surface area contributed by atoms with E-state index < -0.39 is 4.92 Å². The minimum atomic E-state index is -0.477. The van der Waals surface area contributed by atoms with Gasteiger partial charge in [-0.1, -0.05) is 24.3 Å². The van der Waals surface area contributed by atoms with Gasteiger partial charge in [0.1, 0.15) is 0 Å². The summed E-state index contributed by atoms with van der Waals surface area (Å²) < 4.78 is 0. The van der Waals surface area contributed by atoms with Crippen molar-refractivity contribution >= 4 is 28.6 Å². The number of nitro benzene ring substituents is 1. The van der Waals surface area contributed by atoms with E-state index in [-0.39, 0.29) is 11.4 Å². The zero-order valence-electron chi connectivity index (χ0n) is 10.9. The fraction of sp³-hybridized carbons (Fsp3) is 0. The first-order chi connectivity index (χ1) is 10.1. The molecule has 0 spiro atoms. The van der Waals surface area contributed by atoms with Crippen LogP contribution in [0.15, 0.2) is 48.5 Å². The minimum absolute atomic E-state index is 0.0267. The number of nitro groups is 1. The lowest BCUT2D eigenvalue weighted by Crippen LogP contribution is -1.89. The van der Waals surface area contributed by atoms with Crippen molar-refractivity contribution in [2.24, 2.45) is 0 Å². The van der Waals surface area contributed by atoms with E-state index in [0.29, 0.717) is 11.4 Å². The molecule has 104 valence electrons. The van der Waals surface area contributed by atoms with Crippen LogP contribution in [0.2, 0.25) is 0 Å². The third-order valence-electron chi connectivity index (χ3n) is 3.02. The van der Waals surface area contributed by atoms with Crippen molar-refractivity contribution in [1.29, 1.82) is 0 Å². The second kappa shape index (κ2) is 5.09. The number of fused-ring (bicyclic) bond motifs is 1. The molecule has 0 amide bonds. The Balaban J connectivity index is 1.98. The molecule has 2 aromatic carbocycles. The number of aromatic amines is 1. The number of aromatic nitrogens is 2. The summed E-state index contributed by atoms with van der Waals surface area (Å²) in [5.74, 6) is 0.245. The van der Waals surface area contributed by atoms with Crippen molar-refractivity contribution in [3.05, 3.63) is 70.0 Å². The van der Waals surface area contributed by atoms with Crippen LogP contribution in [0.4, 0.5) is 5.69 Å². The van der Waals surface area contributed by atoms with E-state index in [1.54, 1.807) is 12.1 Å². The number of hydrogen-bond donors (Lipinski definition) is 2. The monoisotopic (exact) mass is 281 g/mol. The number of nitrogens with one attached hydrogen (secondary N) is 1. The number of aliphatic hydroxyl groups excluding tert-OH is 1. The number of H-pyrrole nitrogens is 1. The molecule has 0 unspecified atom stereocenters. The Morgan fingerprint density at radius 2 is 2.05 bits per heavy atom. The average molecular weight is 281 g/mol. The Morgan fingerprint density at radius 1 is 1.24 bits per heavy atom. The smallest absolute Gasteiger partial charge is 0.270 e. The molecule has 0 saturated carbocycles. The average Bonchev–Trinajstić information content (AvgIpc) is 2.91. The fourth-order valence-electron chi connectivity index (χ4n) is 2.03. The van der Waals surface area contributed by atoms with E-state index in [4.69, 9.17) is 0 Å². The zero-order valence-corrected chi connectivity index (χ0v) is 10.9. The van der Waals surface area contributed by atoms with E-state index in [1.165, 1.54) is 18.2 Å². The number of hydrogen-bond acceptors (Lipinski definition) is 4. The minimum Gasteiger partial charge on any atom is -0.504 e. The summed E-state index contributed by atoms with van der Waals surface area (Å²) in [6, 6.07) is 13.4. The van der Waals surface area contributed by atoms with Gasteiger partial charge in [0, 0.05) is 12.1 Å². The lowest BCUT2D eigenvalue weighted by atomic mass is 10.2. The highest BCUT2D eigenvalue weighted by Gasteiger charge is 2.08. The number of rotatable bonds is 3. The SMILES string of the molecule is O=[N+]([O-])c1cccc(C=C(O)c2nc3ccccc3[nH]2)c1. The first-order valence-electron chi connectivity index (χ1n) is 6.24. The Hall–Kier alpha value is -3.15. The van der Waals surface area contributed by atoms with Crippen LogP contribution in [-0.4, -0.2) is 20.0 Å². The third kappa shape index (κ3) is 2.59. The van der Waals surface area contributed by atoms with Gasteiger partial charge in [-0.15, -0.1) is 0 Å². The number of benzene rings is 2. The summed E-state index contributed by atoms with van der Waals surface area (Å²) in [5, 5.41) is 20.8. The predicted octanol–water partition coefficient (Wildman–Crippen LogP) is 3.53. The van der Waals surface area contributed by atoms with E-state index in [1.807, 2.05) is 24.3 Å². The third-order valence-corrected chi connectivity index (χ3v) is 3.02. The fourth-order valence-corrected chi connectivity index (χ4v) is 2.03. The normalized spacial score (nSPS) is 11.7. The first kappa shape index (κ1) is 12.9. The van der Waals surface area contributed by atoms with Crippen LogP contribution in [0.1, 0.15) is 11.4 Å². The lowest BCUT2D eigenvalue weighted by Gasteiger charge is -1.97. The molecule has 0 atom stereocenters. The number of nitrogens with zero attached hydrogens (tertiary/aromatic N) is 2. The van der Waals surface area contributed by atoms with Crippen molar-refractivity contribution in [2.45, 2.75) is 0 Å². The van der Waals surface area contributed by atoms with Crippen LogP contribution in [0.3, 0.4) is 0 Å². The first-order valence-corrected chi connectivity index (χ1v) is 6.24. The second-order valence-corrected chi connectivity index (χ2v) is 4.48. The summed E-state index contributed by atoms with van der Waals surface area (Å²) >= 11 is 0. The molecule has 6 heteroatoms. The number of para-hydroxylation sites is 2. The summed E-state index contributed by atoms with van der Waals surface area (Å²) in [6.07, 6.45) is 1.44. The Bertz CT molecular complexity index is 819. The number of aliphatic hydroxyl groups is 1. The largest absolute Gasteiger partial charge is 0.504 e. The topological polar surface area (TPSA) is 92.1 Å². The van der Waals surface area contributed by atoms with Crippen molar-refractivity contribution in [2.75, 3.05) is 0 Å². The van der Waals surface area contributed by atoms with Crippen LogP contribution in [0, 0.1) is 10.1 Å². The van der Waals surface area contributed by atoms with Gasteiger partial charge in [0.15, 0.2) is 11.6 Å².